The Morgan fingerprint density at radius 2 is 2.29 bits per heavy atom. The Morgan fingerprint density at radius 3 is 3.00 bits per heavy atom. The molecule has 90 valence electrons. The van der Waals surface area contributed by atoms with Crippen molar-refractivity contribution in [3.05, 3.63) is 39.6 Å². The first-order valence-corrected chi connectivity index (χ1v) is 6.42. The first-order chi connectivity index (χ1) is 8.11. The zero-order valence-corrected chi connectivity index (χ0v) is 11.6. The number of nitrogens with two attached hydrogens (primary N) is 1. The lowest BCUT2D eigenvalue weighted by Crippen LogP contribution is -2.08. The highest BCUT2D eigenvalue weighted by Crippen LogP contribution is 2.24. The maximum absolute atomic E-state index is 6.11. The van der Waals surface area contributed by atoms with Crippen LogP contribution in [0, 0.1) is 0 Å². The second-order valence-corrected chi connectivity index (χ2v) is 5.02. The number of halogens is 2. The highest BCUT2D eigenvalue weighted by atomic mass is 79.9. The summed E-state index contributed by atoms with van der Waals surface area (Å²) in [7, 11) is 0. The lowest BCUT2D eigenvalue weighted by Gasteiger charge is -2.04. The van der Waals surface area contributed by atoms with Crippen molar-refractivity contribution >= 4 is 27.5 Å². The Hall–Kier alpha value is -0.910. The van der Waals surface area contributed by atoms with Crippen molar-refractivity contribution in [3.8, 4) is 5.69 Å². The number of aromatic nitrogens is 3. The maximum atomic E-state index is 6.11. The molecule has 0 saturated heterocycles. The molecule has 1 aromatic carbocycles. The number of hydrogen-bond acceptors (Lipinski definition) is 3. The predicted molar refractivity (Wildman–Crippen MR) is 71.3 cm³/mol. The van der Waals surface area contributed by atoms with E-state index in [0.717, 1.165) is 22.3 Å². The fraction of sp³-hybridized carbons (Fsp3) is 0.273. The Labute approximate surface area is 113 Å². The molecule has 6 heteroatoms. The smallest absolute Gasteiger partial charge is 0.0998 e. The van der Waals surface area contributed by atoms with Crippen molar-refractivity contribution in [2.24, 2.45) is 5.73 Å². The van der Waals surface area contributed by atoms with E-state index in [0.29, 0.717) is 5.02 Å². The van der Waals surface area contributed by atoms with Gasteiger partial charge in [-0.05, 0) is 24.6 Å². The summed E-state index contributed by atoms with van der Waals surface area (Å²) in [6, 6.07) is 5.48. The highest BCUT2D eigenvalue weighted by molar-refractivity contribution is 9.10. The van der Waals surface area contributed by atoms with Crippen LogP contribution in [0.15, 0.2) is 28.9 Å². The molecule has 4 nitrogen and oxygen atoms in total. The van der Waals surface area contributed by atoms with E-state index in [2.05, 4.69) is 26.2 Å². The summed E-state index contributed by atoms with van der Waals surface area (Å²) in [6.45, 7) is 2.01. The number of nitrogens with zero attached hydrogens (tertiary/aromatic N) is 3. The van der Waals surface area contributed by atoms with Crippen molar-refractivity contribution in [1.82, 2.24) is 15.0 Å². The molecule has 0 saturated carbocycles. The molecule has 17 heavy (non-hydrogen) atoms. The van der Waals surface area contributed by atoms with Gasteiger partial charge in [-0.25, -0.2) is 4.68 Å². The minimum Gasteiger partial charge on any atom is -0.323 e. The van der Waals surface area contributed by atoms with E-state index >= 15 is 0 Å². The van der Waals surface area contributed by atoms with Gasteiger partial charge in [0.25, 0.3) is 0 Å². The Bertz CT molecular complexity index is 526. The molecule has 0 fully saturated rings. The molecule has 1 heterocycles. The fourth-order valence-electron chi connectivity index (χ4n) is 1.43. The molecule has 0 amide bonds. The third kappa shape index (κ3) is 2.68. The van der Waals surface area contributed by atoms with Gasteiger partial charge < -0.3 is 5.73 Å². The lowest BCUT2D eigenvalue weighted by molar-refractivity contribution is 0.670. The standard InChI is InChI=1S/C11H12BrClN4/c1-2-9(14)10-6-17(16-15-10)11-5-7(12)3-4-8(11)13/h3-6,9H,2,14H2,1H3. The van der Waals surface area contributed by atoms with Gasteiger partial charge >= 0.3 is 0 Å². The summed E-state index contributed by atoms with van der Waals surface area (Å²) in [5.41, 5.74) is 7.44. The second-order valence-electron chi connectivity index (χ2n) is 3.70. The van der Waals surface area contributed by atoms with E-state index in [1.807, 2.05) is 31.3 Å². The maximum Gasteiger partial charge on any atom is 0.0998 e. The molecule has 0 bridgehead atoms. The van der Waals surface area contributed by atoms with E-state index in [1.165, 1.54) is 0 Å². The van der Waals surface area contributed by atoms with E-state index in [-0.39, 0.29) is 6.04 Å². The summed E-state index contributed by atoms with van der Waals surface area (Å²) >= 11 is 9.51. The first kappa shape index (κ1) is 12.5. The van der Waals surface area contributed by atoms with Crippen LogP contribution in [0.4, 0.5) is 0 Å². The molecule has 1 unspecified atom stereocenters. The summed E-state index contributed by atoms with van der Waals surface area (Å²) in [5, 5.41) is 8.71. The molecule has 0 aliphatic heterocycles. The van der Waals surface area contributed by atoms with Gasteiger partial charge in [-0.1, -0.05) is 39.7 Å². The van der Waals surface area contributed by atoms with Gasteiger partial charge in [-0.2, -0.15) is 0 Å². The van der Waals surface area contributed by atoms with E-state index < -0.39 is 0 Å². The third-order valence-electron chi connectivity index (χ3n) is 2.49. The molecular formula is C11H12BrClN4. The van der Waals surface area contributed by atoms with Crippen LogP contribution in [0.5, 0.6) is 0 Å². The van der Waals surface area contributed by atoms with E-state index in [9.17, 15) is 0 Å². The van der Waals surface area contributed by atoms with Crippen LogP contribution in [0.3, 0.4) is 0 Å². The zero-order chi connectivity index (χ0) is 12.4. The number of hydrogen-bond donors (Lipinski definition) is 1. The molecule has 0 spiro atoms. The van der Waals surface area contributed by atoms with Crippen molar-refractivity contribution < 1.29 is 0 Å². The van der Waals surface area contributed by atoms with Gasteiger partial charge in [0.05, 0.1) is 28.6 Å². The van der Waals surface area contributed by atoms with Gasteiger partial charge in [0, 0.05) is 4.47 Å². The molecule has 0 aliphatic carbocycles. The van der Waals surface area contributed by atoms with Crippen molar-refractivity contribution in [3.63, 3.8) is 0 Å². The molecule has 2 N–H and O–H groups in total. The fourth-order valence-corrected chi connectivity index (χ4v) is 1.99. The topological polar surface area (TPSA) is 56.7 Å². The molecule has 0 aliphatic rings. The van der Waals surface area contributed by atoms with Crippen LogP contribution < -0.4 is 5.73 Å². The molecule has 2 rings (SSSR count). The molecule has 1 atom stereocenters. The van der Waals surface area contributed by atoms with Crippen LogP contribution in [-0.2, 0) is 0 Å². The lowest BCUT2D eigenvalue weighted by atomic mass is 10.2. The van der Waals surface area contributed by atoms with Gasteiger partial charge in [-0.3, -0.25) is 0 Å². The van der Waals surface area contributed by atoms with E-state index in [4.69, 9.17) is 17.3 Å². The Balaban J connectivity index is 2.40. The molecule has 2 aromatic rings. The van der Waals surface area contributed by atoms with Gasteiger partial charge in [0.15, 0.2) is 0 Å². The van der Waals surface area contributed by atoms with Gasteiger partial charge in [0.1, 0.15) is 0 Å². The largest absolute Gasteiger partial charge is 0.323 e. The van der Waals surface area contributed by atoms with E-state index in [1.54, 1.807) is 4.68 Å². The van der Waals surface area contributed by atoms with Crippen LogP contribution >= 0.6 is 27.5 Å². The average Bonchev–Trinajstić information content (AvgIpc) is 2.80. The van der Waals surface area contributed by atoms with Gasteiger partial charge in [-0.15, -0.1) is 5.10 Å². The van der Waals surface area contributed by atoms with Crippen molar-refractivity contribution in [1.29, 1.82) is 0 Å². The number of rotatable bonds is 3. The Morgan fingerprint density at radius 1 is 1.53 bits per heavy atom. The molecule has 1 aromatic heterocycles. The minimum atomic E-state index is -0.0883. The van der Waals surface area contributed by atoms with Crippen LogP contribution in [0.2, 0.25) is 5.02 Å². The minimum absolute atomic E-state index is 0.0883. The zero-order valence-electron chi connectivity index (χ0n) is 9.27. The van der Waals surface area contributed by atoms with Gasteiger partial charge in [0.2, 0.25) is 0 Å². The normalized spacial score (nSPS) is 12.7. The van der Waals surface area contributed by atoms with Crippen LogP contribution in [0.25, 0.3) is 5.69 Å². The molecule has 0 radical (unpaired) electrons. The summed E-state index contributed by atoms with van der Waals surface area (Å²) in [4.78, 5) is 0. The third-order valence-corrected chi connectivity index (χ3v) is 3.30. The van der Waals surface area contributed by atoms with Crippen LogP contribution in [-0.4, -0.2) is 15.0 Å². The summed E-state index contributed by atoms with van der Waals surface area (Å²) < 4.78 is 2.58. The van der Waals surface area contributed by atoms with Crippen molar-refractivity contribution in [2.75, 3.05) is 0 Å². The number of benzene rings is 1. The quantitative estimate of drug-likeness (QED) is 0.947. The van der Waals surface area contributed by atoms with Crippen LogP contribution in [0.1, 0.15) is 25.1 Å². The highest BCUT2D eigenvalue weighted by Gasteiger charge is 2.11. The average molecular weight is 316 g/mol. The Kier molecular flexibility index (Phi) is 3.81. The SMILES string of the molecule is CCC(N)c1cn(-c2cc(Br)ccc2Cl)nn1. The summed E-state index contributed by atoms with van der Waals surface area (Å²) in [5.74, 6) is 0. The predicted octanol–water partition coefficient (Wildman–Crippen LogP) is 3.09. The monoisotopic (exact) mass is 314 g/mol. The van der Waals surface area contributed by atoms with Crippen molar-refractivity contribution in [2.45, 2.75) is 19.4 Å². The molecular weight excluding hydrogens is 304 g/mol. The summed E-state index contributed by atoms with van der Waals surface area (Å²) in [6.07, 6.45) is 2.63. The first-order valence-electron chi connectivity index (χ1n) is 5.25. The second kappa shape index (κ2) is 5.16.